The van der Waals surface area contributed by atoms with Crippen molar-refractivity contribution in [2.24, 2.45) is 5.92 Å². The van der Waals surface area contributed by atoms with Gasteiger partial charge in [-0.25, -0.2) is 0 Å². The van der Waals surface area contributed by atoms with Crippen LogP contribution in [0.25, 0.3) is 11.5 Å². The minimum absolute atomic E-state index is 0.0866. The lowest BCUT2D eigenvalue weighted by atomic mass is 9.85. The lowest BCUT2D eigenvalue weighted by Gasteiger charge is -2.45. The van der Waals surface area contributed by atoms with Crippen LogP contribution in [0.2, 0.25) is 0 Å². The average molecular weight is 460 g/mol. The van der Waals surface area contributed by atoms with Gasteiger partial charge in [0.05, 0.1) is 18.5 Å². The molecule has 0 unspecified atom stereocenters. The number of hydrogen-bond donors (Lipinski definition) is 1. The lowest BCUT2D eigenvalue weighted by Crippen LogP contribution is -2.65. The molecule has 0 saturated heterocycles. The van der Waals surface area contributed by atoms with Gasteiger partial charge in [0, 0.05) is 12.6 Å². The van der Waals surface area contributed by atoms with E-state index in [9.17, 15) is 9.59 Å². The Labute approximate surface area is 200 Å². The maximum Gasteiger partial charge on any atom is 0.271 e. The molecule has 3 atom stereocenters. The lowest BCUT2D eigenvalue weighted by molar-refractivity contribution is -0.134. The Hall–Kier alpha value is -3.28. The molecular weight excluding hydrogens is 426 g/mol. The predicted octanol–water partition coefficient (Wildman–Crippen LogP) is 5.17. The first-order valence-electron chi connectivity index (χ1n) is 12.3. The first-order valence-corrected chi connectivity index (χ1v) is 12.3. The highest BCUT2D eigenvalue weighted by Crippen LogP contribution is 2.35. The fourth-order valence-corrected chi connectivity index (χ4v) is 5.39. The van der Waals surface area contributed by atoms with Gasteiger partial charge in [0.2, 0.25) is 5.91 Å². The summed E-state index contributed by atoms with van der Waals surface area (Å²) in [5, 5.41) is 3.33. The number of furan rings is 1. The molecule has 2 aromatic heterocycles. The van der Waals surface area contributed by atoms with Crippen molar-refractivity contribution in [1.82, 2.24) is 14.8 Å². The largest absolute Gasteiger partial charge is 0.463 e. The third kappa shape index (κ3) is 3.95. The predicted molar refractivity (Wildman–Crippen MR) is 131 cm³/mol. The molecule has 6 nitrogen and oxygen atoms in total. The monoisotopic (exact) mass is 459 g/mol. The fourth-order valence-electron chi connectivity index (χ4n) is 5.39. The van der Waals surface area contributed by atoms with E-state index in [-0.39, 0.29) is 17.9 Å². The van der Waals surface area contributed by atoms with Crippen LogP contribution in [0.4, 0.5) is 0 Å². The van der Waals surface area contributed by atoms with E-state index in [1.165, 1.54) is 6.42 Å². The summed E-state index contributed by atoms with van der Waals surface area (Å²) in [5.74, 6) is 0.900. The summed E-state index contributed by atoms with van der Waals surface area (Å²) in [4.78, 5) is 29.5. The molecule has 0 radical (unpaired) electrons. The number of fused-ring (bicyclic) bond motifs is 1. The van der Waals surface area contributed by atoms with Crippen LogP contribution in [0, 0.1) is 12.8 Å². The van der Waals surface area contributed by atoms with Crippen molar-refractivity contribution < 1.29 is 14.0 Å². The molecule has 0 spiro atoms. The smallest absolute Gasteiger partial charge is 0.271 e. The molecule has 2 aliphatic rings. The second kappa shape index (κ2) is 8.82. The van der Waals surface area contributed by atoms with Gasteiger partial charge in [0.25, 0.3) is 5.91 Å². The summed E-state index contributed by atoms with van der Waals surface area (Å²) in [6, 6.07) is 15.8. The van der Waals surface area contributed by atoms with Gasteiger partial charge in [-0.2, -0.15) is 0 Å². The standard InChI is InChI=1S/C28H33N3O3/c1-19-10-12-21(13-11-19)17-31-26(32)24-15-14-23(25-9-6-16-34-25)30(24)18-28(31,3)27(33)29-22-8-5-4-7-20(22)2/h6,9-16,20,22H,4-5,7-8,17-18H2,1-3H3,(H,29,33)/t20-,22+,28-/m1/s1. The van der Waals surface area contributed by atoms with E-state index < -0.39 is 5.54 Å². The summed E-state index contributed by atoms with van der Waals surface area (Å²) in [6.07, 6.45) is 6.07. The SMILES string of the molecule is Cc1ccc(CN2C(=O)c3ccc(-c4ccco4)n3C[C@]2(C)C(=O)N[C@H]2CCCC[C@H]2C)cc1. The number of aromatic nitrogens is 1. The zero-order valence-electron chi connectivity index (χ0n) is 20.2. The fraction of sp³-hybridized carbons (Fsp3) is 0.429. The summed E-state index contributed by atoms with van der Waals surface area (Å²) in [5.41, 5.74) is 2.53. The highest BCUT2D eigenvalue weighted by atomic mass is 16.3. The Morgan fingerprint density at radius 2 is 1.82 bits per heavy atom. The zero-order valence-corrected chi connectivity index (χ0v) is 20.2. The number of carbonyl (C=O) groups is 2. The Balaban J connectivity index is 1.52. The molecule has 1 aliphatic heterocycles. The zero-order chi connectivity index (χ0) is 23.9. The van der Waals surface area contributed by atoms with E-state index in [0.29, 0.717) is 30.5 Å². The first-order chi connectivity index (χ1) is 16.4. The maximum absolute atomic E-state index is 13.9. The third-order valence-corrected chi connectivity index (χ3v) is 7.66. The van der Waals surface area contributed by atoms with Crippen LogP contribution in [-0.2, 0) is 17.9 Å². The van der Waals surface area contributed by atoms with Gasteiger partial charge in [-0.1, -0.05) is 49.6 Å². The van der Waals surface area contributed by atoms with Gasteiger partial charge >= 0.3 is 0 Å². The average Bonchev–Trinajstić information content (AvgIpc) is 3.49. The van der Waals surface area contributed by atoms with Crippen LogP contribution >= 0.6 is 0 Å². The van der Waals surface area contributed by atoms with Gasteiger partial charge < -0.3 is 19.2 Å². The van der Waals surface area contributed by atoms with Crippen molar-refractivity contribution in [1.29, 1.82) is 0 Å². The number of nitrogens with one attached hydrogen (secondary N) is 1. The maximum atomic E-state index is 13.9. The van der Waals surface area contributed by atoms with E-state index in [4.69, 9.17) is 4.42 Å². The van der Waals surface area contributed by atoms with Crippen molar-refractivity contribution in [3.05, 3.63) is 71.6 Å². The molecular formula is C28H33N3O3. The number of benzene rings is 1. The molecule has 0 bridgehead atoms. The van der Waals surface area contributed by atoms with Crippen molar-refractivity contribution in [3.8, 4) is 11.5 Å². The van der Waals surface area contributed by atoms with Crippen molar-refractivity contribution in [3.63, 3.8) is 0 Å². The van der Waals surface area contributed by atoms with Gasteiger partial charge in [-0.3, -0.25) is 9.59 Å². The molecule has 3 heterocycles. The summed E-state index contributed by atoms with van der Waals surface area (Å²) in [7, 11) is 0. The van der Waals surface area contributed by atoms with Crippen molar-refractivity contribution >= 4 is 11.8 Å². The van der Waals surface area contributed by atoms with E-state index in [0.717, 1.165) is 36.1 Å². The molecule has 1 aliphatic carbocycles. The molecule has 1 saturated carbocycles. The highest BCUT2D eigenvalue weighted by Gasteiger charge is 2.48. The molecule has 2 amide bonds. The molecule has 1 fully saturated rings. The highest BCUT2D eigenvalue weighted by molar-refractivity contribution is 6.00. The Morgan fingerprint density at radius 3 is 2.53 bits per heavy atom. The number of rotatable bonds is 5. The molecule has 1 aromatic carbocycles. The first kappa shape index (κ1) is 22.5. The second-order valence-corrected chi connectivity index (χ2v) is 10.2. The van der Waals surface area contributed by atoms with Gasteiger partial charge in [0.15, 0.2) is 0 Å². The minimum atomic E-state index is -1.04. The van der Waals surface area contributed by atoms with Crippen molar-refractivity contribution in [2.75, 3.05) is 0 Å². The Kier molecular flexibility index (Phi) is 5.84. The molecule has 3 aromatic rings. The minimum Gasteiger partial charge on any atom is -0.463 e. The molecule has 6 heteroatoms. The Bertz CT molecular complexity index is 1180. The molecule has 1 N–H and O–H groups in total. The quantitative estimate of drug-likeness (QED) is 0.573. The number of aryl methyl sites for hydroxylation is 1. The third-order valence-electron chi connectivity index (χ3n) is 7.66. The van der Waals surface area contributed by atoms with Gasteiger partial charge in [-0.15, -0.1) is 0 Å². The molecule has 178 valence electrons. The van der Waals surface area contributed by atoms with Crippen LogP contribution in [0.15, 0.2) is 59.2 Å². The van der Waals surface area contributed by atoms with Crippen molar-refractivity contribution in [2.45, 2.75) is 71.1 Å². The van der Waals surface area contributed by atoms with E-state index in [1.807, 2.05) is 66.9 Å². The van der Waals surface area contributed by atoms with Crippen LogP contribution in [0.3, 0.4) is 0 Å². The van der Waals surface area contributed by atoms with Gasteiger partial charge in [0.1, 0.15) is 17.0 Å². The summed E-state index contributed by atoms with van der Waals surface area (Å²) >= 11 is 0. The van der Waals surface area contributed by atoms with Crippen LogP contribution in [-0.4, -0.2) is 32.9 Å². The second-order valence-electron chi connectivity index (χ2n) is 10.2. The normalized spacial score (nSPS) is 24.7. The topological polar surface area (TPSA) is 67.5 Å². The number of amides is 2. The van der Waals surface area contributed by atoms with E-state index >= 15 is 0 Å². The molecule has 34 heavy (non-hydrogen) atoms. The van der Waals surface area contributed by atoms with Crippen LogP contribution < -0.4 is 5.32 Å². The number of hydrogen-bond acceptors (Lipinski definition) is 3. The van der Waals surface area contributed by atoms with Gasteiger partial charge in [-0.05, 0) is 62.4 Å². The van der Waals surface area contributed by atoms with Crippen LogP contribution in [0.5, 0.6) is 0 Å². The number of nitrogens with zero attached hydrogens (tertiary/aromatic N) is 2. The van der Waals surface area contributed by atoms with E-state index in [1.54, 1.807) is 11.2 Å². The van der Waals surface area contributed by atoms with Crippen LogP contribution in [0.1, 0.15) is 61.1 Å². The Morgan fingerprint density at radius 1 is 1.09 bits per heavy atom. The summed E-state index contributed by atoms with van der Waals surface area (Å²) in [6.45, 7) is 6.90. The number of carbonyl (C=O) groups excluding carboxylic acids is 2. The molecule has 5 rings (SSSR count). The van der Waals surface area contributed by atoms with E-state index in [2.05, 4.69) is 12.2 Å². The summed E-state index contributed by atoms with van der Waals surface area (Å²) < 4.78 is 7.57.